The van der Waals surface area contributed by atoms with Crippen LogP contribution in [0.15, 0.2) is 12.3 Å². The van der Waals surface area contributed by atoms with Gasteiger partial charge in [-0.15, -0.1) is 0 Å². The first-order chi connectivity index (χ1) is 8.01. The maximum atomic E-state index is 12.0. The zero-order chi connectivity index (χ0) is 12.5. The van der Waals surface area contributed by atoms with Gasteiger partial charge in [0.15, 0.2) is 5.78 Å². The van der Waals surface area contributed by atoms with Crippen molar-refractivity contribution in [2.75, 3.05) is 0 Å². The van der Waals surface area contributed by atoms with Gasteiger partial charge in [-0.2, -0.15) is 5.10 Å². The molecule has 4 heteroatoms. The summed E-state index contributed by atoms with van der Waals surface area (Å²) in [6.07, 6.45) is 5.24. The summed E-state index contributed by atoms with van der Waals surface area (Å²) in [7, 11) is 0. The van der Waals surface area contributed by atoms with E-state index in [1.54, 1.807) is 0 Å². The summed E-state index contributed by atoms with van der Waals surface area (Å²) in [6, 6.07) is 2.16. The molecule has 0 spiro atoms. The fraction of sp³-hybridized carbons (Fsp3) is 0.692. The van der Waals surface area contributed by atoms with Gasteiger partial charge in [0.05, 0.1) is 12.1 Å². The minimum Gasteiger partial charge on any atom is -0.382 e. The predicted octanol–water partition coefficient (Wildman–Crippen LogP) is 1.88. The summed E-state index contributed by atoms with van der Waals surface area (Å²) in [6.45, 7) is 4.09. The predicted molar refractivity (Wildman–Crippen MR) is 64.7 cm³/mol. The fourth-order valence-corrected chi connectivity index (χ4v) is 2.33. The summed E-state index contributed by atoms with van der Waals surface area (Å²) in [5, 5.41) is 14.5. The summed E-state index contributed by atoms with van der Waals surface area (Å²) in [5.74, 6) is -0.0796. The van der Waals surface area contributed by atoms with E-state index in [1.165, 1.54) is 0 Å². The Kier molecular flexibility index (Phi) is 3.33. The van der Waals surface area contributed by atoms with Crippen LogP contribution in [-0.2, 0) is 11.2 Å². The minimum absolute atomic E-state index is 0.0796. The molecule has 4 nitrogen and oxygen atoms in total. The molecule has 1 N–H and O–H groups in total. The first-order valence-corrected chi connectivity index (χ1v) is 6.31. The van der Waals surface area contributed by atoms with Crippen molar-refractivity contribution in [3.63, 3.8) is 0 Å². The number of nitrogens with zero attached hydrogens (tertiary/aromatic N) is 2. The van der Waals surface area contributed by atoms with E-state index < -0.39 is 5.60 Å². The highest BCUT2D eigenvalue weighted by Crippen LogP contribution is 2.31. The molecule has 1 aliphatic rings. The summed E-state index contributed by atoms with van der Waals surface area (Å²) in [5.41, 5.74) is -0.328. The lowest BCUT2D eigenvalue weighted by molar-refractivity contribution is -0.136. The Morgan fingerprint density at radius 1 is 1.53 bits per heavy atom. The molecule has 1 aromatic rings. The van der Waals surface area contributed by atoms with Gasteiger partial charge in [-0.05, 0) is 45.6 Å². The zero-order valence-corrected chi connectivity index (χ0v) is 10.5. The van der Waals surface area contributed by atoms with E-state index in [-0.39, 0.29) is 12.2 Å². The van der Waals surface area contributed by atoms with Gasteiger partial charge in [-0.1, -0.05) is 0 Å². The fourth-order valence-electron chi connectivity index (χ4n) is 2.33. The Labute approximate surface area is 102 Å². The summed E-state index contributed by atoms with van der Waals surface area (Å²) < 4.78 is 1.83. The third-order valence-electron chi connectivity index (χ3n) is 3.48. The molecule has 0 aromatic carbocycles. The van der Waals surface area contributed by atoms with Crippen molar-refractivity contribution in [3.05, 3.63) is 18.0 Å². The number of aromatic nitrogens is 2. The Balaban J connectivity index is 2.02. The normalized spacial score (nSPS) is 18.8. The van der Waals surface area contributed by atoms with Crippen LogP contribution in [0.3, 0.4) is 0 Å². The minimum atomic E-state index is -1.08. The molecular weight excluding hydrogens is 216 g/mol. The first kappa shape index (κ1) is 12.3. The van der Waals surface area contributed by atoms with Gasteiger partial charge >= 0.3 is 0 Å². The van der Waals surface area contributed by atoms with Gasteiger partial charge in [0.1, 0.15) is 5.60 Å². The highest BCUT2D eigenvalue weighted by molar-refractivity contribution is 5.88. The van der Waals surface area contributed by atoms with Crippen molar-refractivity contribution in [1.29, 1.82) is 0 Å². The number of hydrogen-bond donors (Lipinski definition) is 1. The van der Waals surface area contributed by atoms with Gasteiger partial charge in [0.2, 0.25) is 0 Å². The van der Waals surface area contributed by atoms with E-state index in [1.807, 2.05) is 30.8 Å². The van der Waals surface area contributed by atoms with Crippen molar-refractivity contribution in [3.8, 4) is 0 Å². The Bertz CT molecular complexity index is 403. The molecule has 1 saturated carbocycles. The lowest BCUT2D eigenvalue weighted by Gasteiger charge is -2.19. The number of aliphatic hydroxyl groups is 1. The third-order valence-corrected chi connectivity index (χ3v) is 3.48. The van der Waals surface area contributed by atoms with E-state index >= 15 is 0 Å². The Hall–Kier alpha value is -1.16. The Morgan fingerprint density at radius 3 is 2.71 bits per heavy atom. The summed E-state index contributed by atoms with van der Waals surface area (Å²) in [4.78, 5) is 12.0. The molecule has 17 heavy (non-hydrogen) atoms. The van der Waals surface area contributed by atoms with Crippen LogP contribution in [-0.4, -0.2) is 26.3 Å². The van der Waals surface area contributed by atoms with Crippen molar-refractivity contribution in [1.82, 2.24) is 9.78 Å². The molecule has 2 rings (SSSR count). The largest absolute Gasteiger partial charge is 0.382 e. The van der Waals surface area contributed by atoms with Crippen molar-refractivity contribution < 1.29 is 9.90 Å². The first-order valence-electron chi connectivity index (χ1n) is 6.31. The lowest BCUT2D eigenvalue weighted by atomic mass is 9.93. The van der Waals surface area contributed by atoms with Gasteiger partial charge in [0, 0.05) is 12.2 Å². The zero-order valence-electron chi connectivity index (χ0n) is 10.5. The van der Waals surface area contributed by atoms with E-state index in [2.05, 4.69) is 5.10 Å². The van der Waals surface area contributed by atoms with Crippen LogP contribution in [0.4, 0.5) is 0 Å². The highest BCUT2D eigenvalue weighted by atomic mass is 16.3. The monoisotopic (exact) mass is 236 g/mol. The number of hydrogen-bond acceptors (Lipinski definition) is 3. The molecule has 0 aliphatic heterocycles. The maximum absolute atomic E-state index is 12.0. The quantitative estimate of drug-likeness (QED) is 0.868. The highest BCUT2D eigenvalue weighted by Gasteiger charge is 2.38. The van der Waals surface area contributed by atoms with Crippen LogP contribution in [0.25, 0.3) is 0 Å². The van der Waals surface area contributed by atoms with E-state index in [0.717, 1.165) is 18.5 Å². The standard InChI is InChI=1S/C13H20N2O2/c1-10(2)15-8-5-11(14-15)9-12(16)13(17)6-3-4-7-13/h5,8,10,17H,3-4,6-7,9H2,1-2H3. The van der Waals surface area contributed by atoms with E-state index in [0.29, 0.717) is 18.9 Å². The Morgan fingerprint density at radius 2 is 2.18 bits per heavy atom. The summed E-state index contributed by atoms with van der Waals surface area (Å²) >= 11 is 0. The molecule has 1 heterocycles. The molecule has 0 bridgehead atoms. The maximum Gasteiger partial charge on any atom is 0.170 e. The van der Waals surface area contributed by atoms with Crippen molar-refractivity contribution in [2.45, 2.75) is 57.6 Å². The van der Waals surface area contributed by atoms with E-state index in [4.69, 9.17) is 0 Å². The molecular formula is C13H20N2O2. The van der Waals surface area contributed by atoms with Crippen LogP contribution in [0.1, 0.15) is 51.3 Å². The van der Waals surface area contributed by atoms with Gasteiger partial charge in [-0.3, -0.25) is 9.48 Å². The van der Waals surface area contributed by atoms with Gasteiger partial charge < -0.3 is 5.11 Å². The average Bonchev–Trinajstić information content (AvgIpc) is 2.88. The van der Waals surface area contributed by atoms with Gasteiger partial charge in [0.25, 0.3) is 0 Å². The van der Waals surface area contributed by atoms with Crippen LogP contribution < -0.4 is 0 Å². The number of rotatable bonds is 4. The van der Waals surface area contributed by atoms with Crippen LogP contribution >= 0.6 is 0 Å². The number of carbonyl (C=O) groups is 1. The topological polar surface area (TPSA) is 55.1 Å². The number of ketones is 1. The van der Waals surface area contributed by atoms with Crippen LogP contribution in [0.5, 0.6) is 0 Å². The van der Waals surface area contributed by atoms with Gasteiger partial charge in [-0.25, -0.2) is 0 Å². The number of carbonyl (C=O) groups excluding carboxylic acids is 1. The molecule has 1 aliphatic carbocycles. The molecule has 94 valence electrons. The second-order valence-electron chi connectivity index (χ2n) is 5.22. The molecule has 1 fully saturated rings. The van der Waals surface area contributed by atoms with Crippen LogP contribution in [0.2, 0.25) is 0 Å². The van der Waals surface area contributed by atoms with Crippen molar-refractivity contribution >= 4 is 5.78 Å². The molecule has 0 atom stereocenters. The second kappa shape index (κ2) is 4.61. The molecule has 0 unspecified atom stereocenters. The van der Waals surface area contributed by atoms with Crippen molar-refractivity contribution in [2.24, 2.45) is 0 Å². The smallest absolute Gasteiger partial charge is 0.170 e. The van der Waals surface area contributed by atoms with Crippen LogP contribution in [0, 0.1) is 0 Å². The third kappa shape index (κ3) is 2.57. The molecule has 0 saturated heterocycles. The van der Waals surface area contributed by atoms with E-state index in [9.17, 15) is 9.90 Å². The second-order valence-corrected chi connectivity index (χ2v) is 5.22. The average molecular weight is 236 g/mol. The molecule has 0 radical (unpaired) electrons. The lowest BCUT2D eigenvalue weighted by Crippen LogP contribution is -2.36. The molecule has 0 amide bonds. The molecule has 1 aromatic heterocycles. The SMILES string of the molecule is CC(C)n1ccc(CC(=O)C2(O)CCCC2)n1. The number of Topliss-reactive ketones (excluding diaryl/α,β-unsaturated/α-hetero) is 1.